The van der Waals surface area contributed by atoms with Crippen molar-refractivity contribution in [3.05, 3.63) is 40.7 Å². The number of amides is 1. The average molecular weight is 452 g/mol. The molecule has 6 rings (SSSR count). The molecule has 3 aromatic rings. The second-order valence-electron chi connectivity index (χ2n) is 8.27. The highest BCUT2D eigenvalue weighted by molar-refractivity contribution is 7.13. The summed E-state index contributed by atoms with van der Waals surface area (Å²) in [5.74, 6) is 1.92. The van der Waals surface area contributed by atoms with Crippen LogP contribution in [0.2, 0.25) is 0 Å². The molecule has 2 atom stereocenters. The van der Waals surface area contributed by atoms with Gasteiger partial charge in [0.15, 0.2) is 22.3 Å². The van der Waals surface area contributed by atoms with Crippen molar-refractivity contribution >= 4 is 22.8 Å². The summed E-state index contributed by atoms with van der Waals surface area (Å²) >= 11 is 1.47. The molecule has 2 unspecified atom stereocenters. The lowest BCUT2D eigenvalue weighted by atomic mass is 9.91. The molecule has 10 heteroatoms. The van der Waals surface area contributed by atoms with Gasteiger partial charge in [0.2, 0.25) is 5.91 Å². The largest absolute Gasteiger partial charge is 0.396 e. The van der Waals surface area contributed by atoms with Gasteiger partial charge in [0.05, 0.1) is 6.04 Å². The highest BCUT2D eigenvalue weighted by atomic mass is 32.1. The normalized spacial score (nSPS) is 22.5. The molecule has 2 fully saturated rings. The first-order chi connectivity index (χ1) is 15.7. The van der Waals surface area contributed by atoms with Gasteiger partial charge in [-0.2, -0.15) is 4.98 Å². The molecule has 9 nitrogen and oxygen atoms in total. The summed E-state index contributed by atoms with van der Waals surface area (Å²) in [6, 6.07) is 1.85. The summed E-state index contributed by atoms with van der Waals surface area (Å²) in [5.41, 5.74) is 4.03. The van der Waals surface area contributed by atoms with E-state index in [4.69, 9.17) is 9.05 Å². The van der Waals surface area contributed by atoms with Crippen molar-refractivity contribution in [2.75, 3.05) is 13.2 Å². The number of aliphatic hydroxyl groups is 1. The molecule has 0 spiro atoms. The van der Waals surface area contributed by atoms with E-state index in [0.717, 1.165) is 29.8 Å². The van der Waals surface area contributed by atoms with Crippen LogP contribution in [0.4, 0.5) is 0 Å². The van der Waals surface area contributed by atoms with Crippen molar-refractivity contribution in [3.63, 3.8) is 0 Å². The van der Waals surface area contributed by atoms with E-state index in [2.05, 4.69) is 26.4 Å². The molecule has 0 radical (unpaired) electrons. The molecule has 0 aromatic carbocycles. The van der Waals surface area contributed by atoms with Gasteiger partial charge in [-0.25, -0.2) is 4.98 Å². The smallest absolute Gasteiger partial charge is 0.280 e. The predicted octanol–water partition coefficient (Wildman–Crippen LogP) is 3.33. The lowest BCUT2D eigenvalue weighted by Gasteiger charge is -2.27. The Morgan fingerprint density at radius 1 is 1.22 bits per heavy atom. The molecule has 1 saturated heterocycles. The van der Waals surface area contributed by atoms with E-state index in [1.165, 1.54) is 22.5 Å². The van der Waals surface area contributed by atoms with E-state index in [-0.39, 0.29) is 24.5 Å². The number of aliphatic hydroxyl groups excluding tert-OH is 1. The Morgan fingerprint density at radius 2 is 2.16 bits per heavy atom. The van der Waals surface area contributed by atoms with Crippen LogP contribution in [-0.2, 0) is 4.79 Å². The number of hydrogen-bond acceptors (Lipinski definition) is 9. The number of nitrogens with zero attached hydrogens (tertiary/aromatic N) is 5. The van der Waals surface area contributed by atoms with E-state index in [0.29, 0.717) is 42.6 Å². The number of carbonyl (C=O) groups is 1. The van der Waals surface area contributed by atoms with E-state index in [9.17, 15) is 9.90 Å². The first-order valence-electron chi connectivity index (χ1n) is 10.8. The maximum absolute atomic E-state index is 12.5. The van der Waals surface area contributed by atoms with Crippen LogP contribution in [0.3, 0.4) is 0 Å². The molecule has 1 aliphatic heterocycles. The van der Waals surface area contributed by atoms with Crippen LogP contribution in [0.1, 0.15) is 37.9 Å². The van der Waals surface area contributed by atoms with Crippen LogP contribution in [0, 0.1) is 5.92 Å². The molecule has 1 amide bonds. The van der Waals surface area contributed by atoms with Gasteiger partial charge in [-0.3, -0.25) is 4.79 Å². The number of aromatic nitrogens is 4. The Hall–Kier alpha value is -3.11. The Morgan fingerprint density at radius 3 is 3.00 bits per heavy atom. The quantitative estimate of drug-likeness (QED) is 0.606. The monoisotopic (exact) mass is 451 g/mol. The minimum atomic E-state index is 0.0894. The SMILES string of the molecule is O=C1CC2CC3=C(c4noc(-c5cc(-c6nccs6)on5)n4)CCC=C3C2N1CCCO. The van der Waals surface area contributed by atoms with E-state index < -0.39 is 0 Å². The Kier molecular flexibility index (Phi) is 4.76. The minimum absolute atomic E-state index is 0.0894. The maximum atomic E-state index is 12.5. The first-order valence-corrected chi connectivity index (χ1v) is 11.6. The fourth-order valence-corrected chi connectivity index (χ4v) is 5.70. The summed E-state index contributed by atoms with van der Waals surface area (Å²) in [6.07, 6.45) is 7.68. The van der Waals surface area contributed by atoms with Crippen LogP contribution in [0.15, 0.2) is 43.9 Å². The molecule has 1 saturated carbocycles. The van der Waals surface area contributed by atoms with Gasteiger partial charge >= 0.3 is 0 Å². The number of thiazole rings is 1. The number of rotatable bonds is 6. The zero-order valence-corrected chi connectivity index (χ0v) is 18.0. The Labute approximate surface area is 187 Å². The molecule has 32 heavy (non-hydrogen) atoms. The van der Waals surface area contributed by atoms with Gasteiger partial charge in [-0.15, -0.1) is 11.3 Å². The summed E-state index contributed by atoms with van der Waals surface area (Å²) in [4.78, 5) is 23.3. The van der Waals surface area contributed by atoms with Gasteiger partial charge < -0.3 is 19.1 Å². The van der Waals surface area contributed by atoms with Crippen LogP contribution < -0.4 is 0 Å². The topological polar surface area (TPSA) is 118 Å². The number of likely N-dealkylation sites (tertiary alicyclic amines) is 1. The van der Waals surface area contributed by atoms with Crippen molar-refractivity contribution in [2.45, 2.75) is 38.1 Å². The van der Waals surface area contributed by atoms with Crippen LogP contribution >= 0.6 is 11.3 Å². The highest BCUT2D eigenvalue weighted by Crippen LogP contribution is 2.50. The molecule has 164 valence electrons. The summed E-state index contributed by atoms with van der Waals surface area (Å²) in [7, 11) is 0. The van der Waals surface area contributed by atoms with Gasteiger partial charge in [-0.05, 0) is 42.7 Å². The zero-order valence-electron chi connectivity index (χ0n) is 17.2. The molecule has 3 aliphatic rings. The number of carbonyl (C=O) groups excluding carboxylic acids is 1. The van der Waals surface area contributed by atoms with Crippen molar-refractivity contribution in [1.29, 1.82) is 0 Å². The average Bonchev–Trinajstić information content (AvgIpc) is 3.60. The van der Waals surface area contributed by atoms with Gasteiger partial charge in [0, 0.05) is 42.8 Å². The second-order valence-corrected chi connectivity index (χ2v) is 9.16. The highest BCUT2D eigenvalue weighted by Gasteiger charge is 2.48. The third kappa shape index (κ3) is 3.13. The van der Waals surface area contributed by atoms with Crippen molar-refractivity contribution in [2.24, 2.45) is 5.92 Å². The zero-order chi connectivity index (χ0) is 21.7. The molecule has 1 N–H and O–H groups in total. The van der Waals surface area contributed by atoms with E-state index in [1.54, 1.807) is 12.3 Å². The van der Waals surface area contributed by atoms with Crippen LogP contribution in [0.25, 0.3) is 27.9 Å². The third-order valence-electron chi connectivity index (χ3n) is 6.42. The Balaban J connectivity index is 1.29. The lowest BCUT2D eigenvalue weighted by Crippen LogP contribution is -2.36. The Bertz CT molecular complexity index is 1220. The number of hydrogen-bond donors (Lipinski definition) is 1. The molecular weight excluding hydrogens is 430 g/mol. The van der Waals surface area contributed by atoms with Gasteiger partial charge in [0.25, 0.3) is 5.89 Å². The fourth-order valence-electron chi connectivity index (χ4n) is 5.11. The van der Waals surface area contributed by atoms with Gasteiger partial charge in [0.1, 0.15) is 0 Å². The van der Waals surface area contributed by atoms with Crippen molar-refractivity contribution < 1.29 is 18.9 Å². The third-order valence-corrected chi connectivity index (χ3v) is 7.21. The summed E-state index contributed by atoms with van der Waals surface area (Å²) in [5, 5.41) is 20.2. The number of fused-ring (bicyclic) bond motifs is 3. The number of allylic oxidation sites excluding steroid dienone is 2. The van der Waals surface area contributed by atoms with E-state index in [1.807, 2.05) is 10.3 Å². The van der Waals surface area contributed by atoms with Crippen LogP contribution in [0.5, 0.6) is 0 Å². The fraction of sp³-hybridized carbons (Fsp3) is 0.409. The summed E-state index contributed by atoms with van der Waals surface area (Å²) in [6.45, 7) is 0.683. The van der Waals surface area contributed by atoms with Crippen molar-refractivity contribution in [3.8, 4) is 22.4 Å². The molecule has 0 bridgehead atoms. The standard InChI is InChI=1S/C22H21N5O4S/c28-7-2-6-27-18(29)10-12-9-15-13(19(12)27)3-1-4-14(15)20-24-21(31-26-20)16-11-17(30-25-16)22-23-5-8-32-22/h3,5,8,11-12,19,28H,1-2,4,6-7,9-10H2. The predicted molar refractivity (Wildman–Crippen MR) is 115 cm³/mol. The minimum Gasteiger partial charge on any atom is -0.396 e. The molecule has 3 aromatic heterocycles. The van der Waals surface area contributed by atoms with E-state index >= 15 is 0 Å². The summed E-state index contributed by atoms with van der Waals surface area (Å²) < 4.78 is 10.9. The van der Waals surface area contributed by atoms with Gasteiger partial charge in [-0.1, -0.05) is 16.4 Å². The van der Waals surface area contributed by atoms with Crippen molar-refractivity contribution in [1.82, 2.24) is 25.2 Å². The molecular formula is C22H21N5O4S. The lowest BCUT2D eigenvalue weighted by molar-refractivity contribution is -0.128. The molecule has 4 heterocycles. The first kappa shape index (κ1) is 19.6. The maximum Gasteiger partial charge on any atom is 0.280 e. The second kappa shape index (κ2) is 7.79. The van der Waals surface area contributed by atoms with Crippen LogP contribution in [-0.4, -0.2) is 55.4 Å². The molecule has 2 aliphatic carbocycles.